The van der Waals surface area contributed by atoms with Crippen molar-refractivity contribution in [1.29, 1.82) is 0 Å². The van der Waals surface area contributed by atoms with Gasteiger partial charge in [-0.1, -0.05) is 0 Å². The zero-order valence-electron chi connectivity index (χ0n) is 10.9. The Labute approximate surface area is 122 Å². The molecule has 6 heteroatoms. The Bertz CT molecular complexity index is 468. The Balaban J connectivity index is 0.00000133. The number of esters is 1. The van der Waals surface area contributed by atoms with Crippen molar-refractivity contribution in [3.8, 4) is 0 Å². The molecule has 0 bridgehead atoms. The fourth-order valence-corrected chi connectivity index (χ4v) is 4.01. The fraction of sp³-hybridized carbons (Fsp3) is 0.615. The van der Waals surface area contributed by atoms with Gasteiger partial charge in [0.25, 0.3) is 0 Å². The number of hydrogen-bond donors (Lipinski definition) is 1. The zero-order valence-corrected chi connectivity index (χ0v) is 12.5. The van der Waals surface area contributed by atoms with E-state index in [4.69, 9.17) is 9.47 Å². The van der Waals surface area contributed by atoms with Gasteiger partial charge in [-0.3, -0.25) is 0 Å². The number of thiophene rings is 1. The molecule has 0 saturated carbocycles. The maximum absolute atomic E-state index is 11.6. The molecule has 0 aromatic carbocycles. The summed E-state index contributed by atoms with van der Waals surface area (Å²) >= 11 is 1.56. The smallest absolute Gasteiger partial charge is 0.348 e. The second kappa shape index (κ2) is 5.79. The summed E-state index contributed by atoms with van der Waals surface area (Å²) in [6.45, 7) is 2.71. The van der Waals surface area contributed by atoms with Gasteiger partial charge in [0.05, 0.1) is 19.3 Å². The van der Waals surface area contributed by atoms with Crippen molar-refractivity contribution in [2.75, 3.05) is 26.8 Å². The van der Waals surface area contributed by atoms with Crippen LogP contribution in [-0.4, -0.2) is 32.8 Å². The van der Waals surface area contributed by atoms with E-state index in [9.17, 15) is 4.79 Å². The third-order valence-electron chi connectivity index (χ3n) is 3.81. The number of nitrogens with one attached hydrogen (secondary N) is 1. The van der Waals surface area contributed by atoms with Crippen LogP contribution in [0.2, 0.25) is 0 Å². The number of halogens is 1. The third-order valence-corrected chi connectivity index (χ3v) is 4.98. The van der Waals surface area contributed by atoms with Gasteiger partial charge < -0.3 is 14.8 Å². The highest BCUT2D eigenvalue weighted by Crippen LogP contribution is 2.43. The Hall–Kier alpha value is -0.620. The van der Waals surface area contributed by atoms with E-state index in [0.29, 0.717) is 4.88 Å². The number of carbonyl (C=O) groups is 1. The van der Waals surface area contributed by atoms with Crippen molar-refractivity contribution >= 4 is 29.7 Å². The molecule has 3 rings (SSSR count). The minimum atomic E-state index is -0.238. The van der Waals surface area contributed by atoms with Gasteiger partial charge in [0.1, 0.15) is 4.88 Å². The molecule has 0 amide bonds. The molecule has 4 nitrogen and oxygen atoms in total. The van der Waals surface area contributed by atoms with Gasteiger partial charge in [0, 0.05) is 11.3 Å². The first-order chi connectivity index (χ1) is 8.75. The first-order valence-electron chi connectivity index (χ1n) is 6.31. The van der Waals surface area contributed by atoms with Crippen molar-refractivity contribution in [3.63, 3.8) is 0 Å². The van der Waals surface area contributed by atoms with Gasteiger partial charge in [-0.2, -0.15) is 0 Å². The lowest BCUT2D eigenvalue weighted by Gasteiger charge is -2.40. The van der Waals surface area contributed by atoms with E-state index in [-0.39, 0.29) is 24.0 Å². The molecule has 1 aromatic heterocycles. The van der Waals surface area contributed by atoms with Crippen molar-refractivity contribution in [3.05, 3.63) is 21.4 Å². The van der Waals surface area contributed by atoms with E-state index in [1.165, 1.54) is 17.6 Å². The van der Waals surface area contributed by atoms with Crippen LogP contribution in [0.4, 0.5) is 0 Å². The van der Waals surface area contributed by atoms with Crippen LogP contribution >= 0.6 is 23.7 Å². The lowest BCUT2D eigenvalue weighted by molar-refractivity contribution is -0.0792. The van der Waals surface area contributed by atoms with Gasteiger partial charge >= 0.3 is 5.97 Å². The maximum Gasteiger partial charge on any atom is 0.348 e. The van der Waals surface area contributed by atoms with Gasteiger partial charge in [0.2, 0.25) is 0 Å². The molecule has 19 heavy (non-hydrogen) atoms. The van der Waals surface area contributed by atoms with Crippen molar-refractivity contribution < 1.29 is 14.3 Å². The van der Waals surface area contributed by atoms with E-state index < -0.39 is 0 Å². The summed E-state index contributed by atoms with van der Waals surface area (Å²) < 4.78 is 10.9. The number of piperidine rings is 1. The first kappa shape index (κ1) is 14.8. The lowest BCUT2D eigenvalue weighted by Crippen LogP contribution is -2.44. The van der Waals surface area contributed by atoms with E-state index >= 15 is 0 Å². The number of methoxy groups -OCH3 is 1. The summed E-state index contributed by atoms with van der Waals surface area (Å²) in [6, 6.07) is 1.98. The second-order valence-electron chi connectivity index (χ2n) is 4.78. The minimum Gasteiger partial charge on any atom is -0.465 e. The highest BCUT2D eigenvalue weighted by Gasteiger charge is 2.40. The van der Waals surface area contributed by atoms with Gasteiger partial charge in [-0.25, -0.2) is 4.79 Å². The number of ether oxygens (including phenoxy) is 2. The number of hydrogen-bond acceptors (Lipinski definition) is 5. The van der Waals surface area contributed by atoms with Gasteiger partial charge in [0.15, 0.2) is 0 Å². The van der Waals surface area contributed by atoms with Crippen LogP contribution in [0.1, 0.15) is 33.0 Å². The molecular formula is C13H18ClNO3S. The molecular weight excluding hydrogens is 286 g/mol. The van der Waals surface area contributed by atoms with E-state index in [0.717, 1.165) is 39.0 Å². The second-order valence-corrected chi connectivity index (χ2v) is 5.92. The molecule has 0 unspecified atom stereocenters. The molecule has 0 aliphatic carbocycles. The highest BCUT2D eigenvalue weighted by molar-refractivity contribution is 7.14. The van der Waals surface area contributed by atoms with Crippen LogP contribution in [0.25, 0.3) is 0 Å². The monoisotopic (exact) mass is 303 g/mol. The summed E-state index contributed by atoms with van der Waals surface area (Å²) in [5.74, 6) is -0.238. The lowest BCUT2D eigenvalue weighted by atomic mass is 9.83. The van der Waals surface area contributed by atoms with Crippen LogP contribution in [0.5, 0.6) is 0 Å². The predicted molar refractivity (Wildman–Crippen MR) is 76.3 cm³/mol. The standard InChI is InChI=1S/C13H17NO3S.ClH/c1-16-12(15)11-8-9-10(18-11)2-7-17-13(9)3-5-14-6-4-13;/h8,14H,2-7H2,1H3;1H. The van der Waals surface area contributed by atoms with Crippen LogP contribution in [0.3, 0.4) is 0 Å². The highest BCUT2D eigenvalue weighted by atomic mass is 35.5. The molecule has 0 radical (unpaired) electrons. The fourth-order valence-electron chi connectivity index (χ4n) is 2.86. The summed E-state index contributed by atoms with van der Waals surface area (Å²) in [6.07, 6.45) is 2.88. The SMILES string of the molecule is COC(=O)c1cc2c(s1)CCOC21CCNCC1.Cl. The average molecular weight is 304 g/mol. The van der Waals surface area contributed by atoms with Crippen molar-refractivity contribution in [2.24, 2.45) is 0 Å². The number of carbonyl (C=O) groups excluding carboxylic acids is 1. The summed E-state index contributed by atoms with van der Waals surface area (Å²) in [5.41, 5.74) is 1.06. The Morgan fingerprint density at radius 2 is 2.21 bits per heavy atom. The van der Waals surface area contributed by atoms with Crippen molar-refractivity contribution in [2.45, 2.75) is 24.9 Å². The Kier molecular flexibility index (Phi) is 4.50. The minimum absolute atomic E-state index is 0. The van der Waals surface area contributed by atoms with Gasteiger partial charge in [-0.05, 0) is 37.6 Å². The molecule has 1 saturated heterocycles. The molecule has 2 aliphatic heterocycles. The normalized spacial score (nSPS) is 20.5. The number of rotatable bonds is 1. The molecule has 2 aliphatic rings. The average Bonchev–Trinajstić information content (AvgIpc) is 2.85. The largest absolute Gasteiger partial charge is 0.465 e. The molecule has 3 heterocycles. The van der Waals surface area contributed by atoms with Gasteiger partial charge in [-0.15, -0.1) is 23.7 Å². The molecule has 1 N–H and O–H groups in total. The maximum atomic E-state index is 11.6. The van der Waals surface area contributed by atoms with Crippen molar-refractivity contribution in [1.82, 2.24) is 5.32 Å². The zero-order chi connectivity index (χ0) is 12.6. The number of fused-ring (bicyclic) bond motifs is 2. The third kappa shape index (κ3) is 2.52. The molecule has 0 atom stereocenters. The summed E-state index contributed by atoms with van der Waals surface area (Å²) in [4.78, 5) is 13.6. The Morgan fingerprint density at radius 3 is 2.89 bits per heavy atom. The summed E-state index contributed by atoms with van der Waals surface area (Å²) in [5, 5.41) is 3.36. The topological polar surface area (TPSA) is 47.6 Å². The van der Waals surface area contributed by atoms with E-state index in [1.54, 1.807) is 11.3 Å². The first-order valence-corrected chi connectivity index (χ1v) is 7.13. The van der Waals surface area contributed by atoms with E-state index in [1.807, 2.05) is 6.07 Å². The quantitative estimate of drug-likeness (QED) is 0.807. The predicted octanol–water partition coefficient (Wildman–Crippen LogP) is 2.11. The Morgan fingerprint density at radius 1 is 1.47 bits per heavy atom. The van der Waals surface area contributed by atoms with Crippen LogP contribution in [-0.2, 0) is 21.5 Å². The van der Waals surface area contributed by atoms with Crippen LogP contribution in [0, 0.1) is 0 Å². The van der Waals surface area contributed by atoms with Crippen LogP contribution < -0.4 is 5.32 Å². The molecule has 1 spiro atoms. The summed E-state index contributed by atoms with van der Waals surface area (Å²) in [7, 11) is 1.43. The molecule has 106 valence electrons. The molecule has 1 aromatic rings. The molecule has 1 fully saturated rings. The van der Waals surface area contributed by atoms with Crippen LogP contribution in [0.15, 0.2) is 6.07 Å². The van der Waals surface area contributed by atoms with E-state index in [2.05, 4.69) is 5.32 Å².